The molecular weight excluding hydrogens is 641 g/mol. The molecule has 2 aromatic heterocycles. The van der Waals surface area contributed by atoms with Crippen molar-refractivity contribution in [3.8, 4) is 0 Å². The third kappa shape index (κ3) is 7.35. The van der Waals surface area contributed by atoms with Gasteiger partial charge in [-0.15, -0.1) is 11.3 Å². The summed E-state index contributed by atoms with van der Waals surface area (Å²) in [6.07, 6.45) is 0.972. The van der Waals surface area contributed by atoms with Gasteiger partial charge < -0.3 is 19.3 Å². The summed E-state index contributed by atoms with van der Waals surface area (Å²) in [5, 5.41) is 13.6. The smallest absolute Gasteiger partial charge is 0.342 e. The first kappa shape index (κ1) is 33.3. The maximum atomic E-state index is 13.1. The quantitative estimate of drug-likeness (QED) is 0.108. The molecule has 1 atom stereocenters. The standard InChI is InChI=1S/C25H20N2O5S2.C10H10O3/c1-3-31-23(28)16-6-4-15(5-7-16)11-18-22(17-8-9-19-20(12-17)27-34-26-19)24(29)32-25(18,30)21-10-14(2)13-33-21;1-2-13-10(12)9-5-3-8(7-11)4-6-9/h4-10,12-13,30H,3,11H2,1-2H3;3-7H,2H2,1H3. The van der Waals surface area contributed by atoms with E-state index in [9.17, 15) is 24.3 Å². The van der Waals surface area contributed by atoms with Crippen molar-refractivity contribution >= 4 is 63.9 Å². The number of aldehydes is 1. The predicted octanol–water partition coefficient (Wildman–Crippen LogP) is 6.31. The van der Waals surface area contributed by atoms with E-state index >= 15 is 0 Å². The van der Waals surface area contributed by atoms with E-state index in [1.807, 2.05) is 18.4 Å². The molecule has 240 valence electrons. The first-order valence-corrected chi connectivity index (χ1v) is 16.2. The number of aromatic nitrogens is 2. The summed E-state index contributed by atoms with van der Waals surface area (Å²) in [6.45, 7) is 6.07. The van der Waals surface area contributed by atoms with Gasteiger partial charge >= 0.3 is 17.9 Å². The number of rotatable bonds is 9. The summed E-state index contributed by atoms with van der Waals surface area (Å²) in [4.78, 5) is 47.1. The summed E-state index contributed by atoms with van der Waals surface area (Å²) in [5.74, 6) is -3.25. The molecule has 0 bridgehead atoms. The normalized spacial score (nSPS) is 15.5. The van der Waals surface area contributed by atoms with E-state index in [4.69, 9.17) is 14.2 Å². The number of hydrogen-bond acceptors (Lipinski definition) is 12. The highest BCUT2D eigenvalue weighted by molar-refractivity contribution is 7.10. The summed E-state index contributed by atoms with van der Waals surface area (Å²) in [5.41, 5.74) is 5.97. The third-order valence-electron chi connectivity index (χ3n) is 7.17. The van der Waals surface area contributed by atoms with E-state index in [1.54, 1.807) is 80.6 Å². The van der Waals surface area contributed by atoms with Crippen molar-refractivity contribution in [1.82, 2.24) is 8.75 Å². The first-order valence-electron chi connectivity index (χ1n) is 14.6. The lowest BCUT2D eigenvalue weighted by atomic mass is 9.90. The Hall–Kier alpha value is -5.04. The second-order valence-electron chi connectivity index (χ2n) is 10.4. The molecule has 0 spiro atoms. The van der Waals surface area contributed by atoms with Crippen LogP contribution in [-0.2, 0) is 31.2 Å². The molecule has 0 saturated carbocycles. The number of aliphatic hydroxyl groups is 1. The zero-order chi connectivity index (χ0) is 33.6. The number of carbonyl (C=O) groups is 4. The van der Waals surface area contributed by atoms with Crippen LogP contribution in [0.2, 0.25) is 0 Å². The fraction of sp³-hybridized carbons (Fsp3) is 0.200. The van der Waals surface area contributed by atoms with E-state index < -0.39 is 17.7 Å². The van der Waals surface area contributed by atoms with Crippen LogP contribution in [0, 0.1) is 6.92 Å². The van der Waals surface area contributed by atoms with Crippen LogP contribution in [0.5, 0.6) is 0 Å². The number of carbonyl (C=O) groups excluding carboxylic acids is 4. The minimum atomic E-state index is -1.89. The minimum absolute atomic E-state index is 0.241. The highest BCUT2D eigenvalue weighted by Gasteiger charge is 2.49. The van der Waals surface area contributed by atoms with E-state index in [2.05, 4.69) is 8.75 Å². The summed E-state index contributed by atoms with van der Waals surface area (Å²) in [7, 11) is 0. The topological polar surface area (TPSA) is 142 Å². The van der Waals surface area contributed by atoms with Crippen molar-refractivity contribution < 1.29 is 38.5 Å². The van der Waals surface area contributed by atoms with Crippen LogP contribution in [0.1, 0.15) is 66.5 Å². The van der Waals surface area contributed by atoms with Crippen LogP contribution in [-0.4, -0.2) is 51.3 Å². The summed E-state index contributed by atoms with van der Waals surface area (Å²) >= 11 is 2.43. The molecule has 1 aliphatic rings. The Morgan fingerprint density at radius 1 is 0.894 bits per heavy atom. The Morgan fingerprint density at radius 2 is 1.51 bits per heavy atom. The van der Waals surface area contributed by atoms with E-state index in [0.717, 1.165) is 34.7 Å². The Balaban J connectivity index is 0.000000281. The monoisotopic (exact) mass is 670 g/mol. The van der Waals surface area contributed by atoms with Gasteiger partial charge in [0.15, 0.2) is 0 Å². The van der Waals surface area contributed by atoms with Gasteiger partial charge in [0.2, 0.25) is 0 Å². The molecule has 12 heteroatoms. The third-order valence-corrected chi connectivity index (χ3v) is 8.86. The molecule has 0 radical (unpaired) electrons. The lowest BCUT2D eigenvalue weighted by molar-refractivity contribution is -0.184. The molecule has 0 fully saturated rings. The zero-order valence-corrected chi connectivity index (χ0v) is 27.4. The van der Waals surface area contributed by atoms with Crippen molar-refractivity contribution in [2.75, 3.05) is 13.2 Å². The second kappa shape index (κ2) is 14.6. The largest absolute Gasteiger partial charge is 0.462 e. The maximum absolute atomic E-state index is 13.1. The van der Waals surface area contributed by atoms with E-state index in [0.29, 0.717) is 57.0 Å². The molecule has 47 heavy (non-hydrogen) atoms. The number of cyclic esters (lactones) is 1. The number of benzene rings is 3. The van der Waals surface area contributed by atoms with Gasteiger partial charge in [-0.3, -0.25) is 4.79 Å². The lowest BCUT2D eigenvalue weighted by Gasteiger charge is -2.24. The Labute approximate surface area is 278 Å². The van der Waals surface area contributed by atoms with Gasteiger partial charge in [-0.25, -0.2) is 14.4 Å². The van der Waals surface area contributed by atoms with Crippen LogP contribution < -0.4 is 0 Å². The minimum Gasteiger partial charge on any atom is -0.462 e. The van der Waals surface area contributed by atoms with Gasteiger partial charge in [0.1, 0.15) is 17.3 Å². The molecule has 5 aromatic rings. The van der Waals surface area contributed by atoms with Crippen molar-refractivity contribution in [2.24, 2.45) is 0 Å². The van der Waals surface area contributed by atoms with Gasteiger partial charge in [0.05, 0.1) is 46.5 Å². The highest BCUT2D eigenvalue weighted by atomic mass is 32.1. The molecule has 1 N–H and O–H groups in total. The molecule has 6 rings (SSSR count). The number of esters is 3. The molecule has 3 aromatic carbocycles. The van der Waals surface area contributed by atoms with Crippen LogP contribution in [0.15, 0.2) is 83.7 Å². The molecule has 1 aliphatic heterocycles. The SMILES string of the molecule is CCOC(=O)c1ccc(C=O)cc1.CCOC(=O)c1ccc(CC2=C(c3ccc4nsnc4c3)C(=O)OC2(O)c2cc(C)cs2)cc1. The van der Waals surface area contributed by atoms with E-state index in [-0.39, 0.29) is 12.4 Å². The number of thiophene rings is 1. The van der Waals surface area contributed by atoms with Gasteiger partial charge in [-0.1, -0.05) is 30.3 Å². The van der Waals surface area contributed by atoms with Crippen molar-refractivity contribution in [1.29, 1.82) is 0 Å². The first-order chi connectivity index (χ1) is 22.7. The van der Waals surface area contributed by atoms with Crippen molar-refractivity contribution in [2.45, 2.75) is 33.0 Å². The Kier molecular flexibility index (Phi) is 10.3. The maximum Gasteiger partial charge on any atom is 0.342 e. The fourth-order valence-electron chi connectivity index (χ4n) is 4.87. The predicted molar refractivity (Wildman–Crippen MR) is 177 cm³/mol. The van der Waals surface area contributed by atoms with Crippen LogP contribution >= 0.6 is 23.1 Å². The average molecular weight is 671 g/mol. The summed E-state index contributed by atoms with van der Waals surface area (Å²) in [6, 6.07) is 20.4. The number of hydrogen-bond donors (Lipinski definition) is 1. The van der Waals surface area contributed by atoms with Gasteiger partial charge in [0, 0.05) is 17.6 Å². The van der Waals surface area contributed by atoms with E-state index in [1.165, 1.54) is 11.3 Å². The Morgan fingerprint density at radius 3 is 2.09 bits per heavy atom. The molecular formula is C35H30N2O8S2. The zero-order valence-electron chi connectivity index (χ0n) is 25.7. The number of fused-ring (bicyclic) bond motifs is 1. The molecule has 0 amide bonds. The fourth-order valence-corrected chi connectivity index (χ4v) is 6.35. The van der Waals surface area contributed by atoms with Gasteiger partial charge in [-0.2, -0.15) is 8.75 Å². The van der Waals surface area contributed by atoms with Gasteiger partial charge in [-0.05, 0) is 85.3 Å². The highest BCUT2D eigenvalue weighted by Crippen LogP contribution is 2.46. The number of aryl methyl sites for hydroxylation is 1. The number of nitrogens with zero attached hydrogens (tertiary/aromatic N) is 2. The van der Waals surface area contributed by atoms with Crippen molar-refractivity contribution in [3.63, 3.8) is 0 Å². The molecule has 0 saturated heterocycles. The molecule has 0 aliphatic carbocycles. The average Bonchev–Trinajstić information content (AvgIpc) is 3.79. The second-order valence-corrected chi connectivity index (χ2v) is 11.8. The lowest BCUT2D eigenvalue weighted by Crippen LogP contribution is -2.28. The molecule has 3 heterocycles. The van der Waals surface area contributed by atoms with Crippen LogP contribution in [0.4, 0.5) is 0 Å². The van der Waals surface area contributed by atoms with Gasteiger partial charge in [0.25, 0.3) is 5.79 Å². The van der Waals surface area contributed by atoms with Crippen molar-refractivity contribution in [3.05, 3.63) is 122 Å². The summed E-state index contributed by atoms with van der Waals surface area (Å²) < 4.78 is 24.0. The Bertz CT molecular complexity index is 1960. The molecule has 1 unspecified atom stereocenters. The van der Waals surface area contributed by atoms with Crippen LogP contribution in [0.3, 0.4) is 0 Å². The number of ether oxygens (including phenoxy) is 3. The van der Waals surface area contributed by atoms with Crippen LogP contribution in [0.25, 0.3) is 16.6 Å². The molecule has 10 nitrogen and oxygen atoms in total.